The van der Waals surface area contributed by atoms with E-state index >= 15 is 0 Å². The summed E-state index contributed by atoms with van der Waals surface area (Å²) in [4.78, 5) is 23.5. The van der Waals surface area contributed by atoms with Gasteiger partial charge in [0.2, 0.25) is 0 Å². The molecule has 0 bridgehead atoms. The molecule has 0 heterocycles. The Balaban J connectivity index is 4.47. The van der Waals surface area contributed by atoms with E-state index in [4.69, 9.17) is 9.84 Å². The lowest BCUT2D eigenvalue weighted by Gasteiger charge is -2.22. The number of nitrogens with zero attached hydrogens (tertiary/aromatic N) is 1. The van der Waals surface area contributed by atoms with Crippen molar-refractivity contribution in [3.63, 3.8) is 0 Å². The van der Waals surface area contributed by atoms with Gasteiger partial charge in [-0.05, 0) is 20.0 Å². The standard InChI is InChI=1S/C11H18N2O4/c1-5-6-13(4)7-9(12-11(15)16)17-10(14)8(2)3/h5-6,9,12H,2,7H2,1,3-4H3,(H,15,16). The minimum atomic E-state index is -1.25. The van der Waals surface area contributed by atoms with Crippen molar-refractivity contribution in [1.82, 2.24) is 10.2 Å². The summed E-state index contributed by atoms with van der Waals surface area (Å²) in [6.07, 6.45) is 1.35. The van der Waals surface area contributed by atoms with Crippen LogP contribution in [0.2, 0.25) is 0 Å². The topological polar surface area (TPSA) is 78.9 Å². The van der Waals surface area contributed by atoms with Crippen molar-refractivity contribution in [2.24, 2.45) is 0 Å². The molecule has 6 nitrogen and oxygen atoms in total. The minimum absolute atomic E-state index is 0.218. The van der Waals surface area contributed by atoms with Gasteiger partial charge in [-0.2, -0.15) is 0 Å². The first-order valence-corrected chi connectivity index (χ1v) is 5.05. The van der Waals surface area contributed by atoms with E-state index < -0.39 is 18.3 Å². The highest BCUT2D eigenvalue weighted by atomic mass is 16.6. The summed E-state index contributed by atoms with van der Waals surface area (Å²) in [5, 5.41) is 10.7. The van der Waals surface area contributed by atoms with E-state index in [0.717, 1.165) is 0 Å². The van der Waals surface area contributed by atoms with E-state index in [1.165, 1.54) is 6.92 Å². The average molecular weight is 242 g/mol. The second-order valence-corrected chi connectivity index (χ2v) is 3.55. The third kappa shape index (κ3) is 6.99. The van der Waals surface area contributed by atoms with Crippen LogP contribution in [0.1, 0.15) is 13.8 Å². The molecular weight excluding hydrogens is 224 g/mol. The van der Waals surface area contributed by atoms with Crippen LogP contribution in [0.5, 0.6) is 0 Å². The Bertz CT molecular complexity index is 325. The van der Waals surface area contributed by atoms with Crippen LogP contribution in [0.4, 0.5) is 4.79 Å². The summed E-state index contributed by atoms with van der Waals surface area (Å²) in [5.74, 6) is -0.627. The normalized spacial score (nSPS) is 11.9. The van der Waals surface area contributed by atoms with Crippen molar-refractivity contribution in [3.8, 4) is 0 Å². The number of rotatable bonds is 6. The van der Waals surface area contributed by atoms with Crippen LogP contribution in [0.15, 0.2) is 24.4 Å². The second kappa shape index (κ2) is 7.32. The predicted molar refractivity (Wildman–Crippen MR) is 63.3 cm³/mol. The molecule has 0 aromatic heterocycles. The molecular formula is C11H18N2O4. The van der Waals surface area contributed by atoms with E-state index in [1.807, 2.05) is 6.92 Å². The molecule has 1 atom stereocenters. The van der Waals surface area contributed by atoms with Gasteiger partial charge in [-0.25, -0.2) is 9.59 Å². The Morgan fingerprint density at radius 3 is 2.59 bits per heavy atom. The highest BCUT2D eigenvalue weighted by molar-refractivity contribution is 5.87. The predicted octanol–water partition coefficient (Wildman–Crippen LogP) is 1.16. The maximum atomic E-state index is 11.3. The first-order chi connectivity index (χ1) is 7.86. The molecule has 2 N–H and O–H groups in total. The number of esters is 1. The van der Waals surface area contributed by atoms with E-state index in [2.05, 4.69) is 11.9 Å². The molecule has 6 heteroatoms. The van der Waals surface area contributed by atoms with Crippen LogP contribution in [0.25, 0.3) is 0 Å². The summed E-state index contributed by atoms with van der Waals surface area (Å²) >= 11 is 0. The largest absolute Gasteiger partial charge is 0.465 e. The first-order valence-electron chi connectivity index (χ1n) is 5.05. The van der Waals surface area contributed by atoms with E-state index in [1.54, 1.807) is 24.2 Å². The van der Waals surface area contributed by atoms with Gasteiger partial charge in [0.25, 0.3) is 0 Å². The maximum absolute atomic E-state index is 11.3. The van der Waals surface area contributed by atoms with Gasteiger partial charge in [0.15, 0.2) is 6.23 Å². The van der Waals surface area contributed by atoms with Crippen molar-refractivity contribution < 1.29 is 19.4 Å². The molecule has 0 spiro atoms. The van der Waals surface area contributed by atoms with Gasteiger partial charge in [-0.15, -0.1) is 0 Å². The number of carbonyl (C=O) groups is 2. The molecule has 1 amide bonds. The molecule has 0 radical (unpaired) electrons. The summed E-state index contributed by atoms with van der Waals surface area (Å²) < 4.78 is 4.93. The van der Waals surface area contributed by atoms with E-state index in [9.17, 15) is 9.59 Å². The Morgan fingerprint density at radius 2 is 2.18 bits per heavy atom. The molecule has 0 aromatic carbocycles. The van der Waals surface area contributed by atoms with Crippen LogP contribution in [-0.2, 0) is 9.53 Å². The lowest BCUT2D eigenvalue weighted by Crippen LogP contribution is -2.44. The van der Waals surface area contributed by atoms with Crippen LogP contribution in [0, 0.1) is 0 Å². The van der Waals surface area contributed by atoms with Crippen molar-refractivity contribution in [2.75, 3.05) is 13.6 Å². The molecule has 0 saturated heterocycles. The summed E-state index contributed by atoms with van der Waals surface area (Å²) in [6.45, 7) is 6.97. The Hall–Kier alpha value is -1.98. The SMILES string of the molecule is C=C(C)C(=O)OC(CN(C)C=CC)NC(=O)O. The molecule has 0 rings (SSSR count). The van der Waals surface area contributed by atoms with Crippen molar-refractivity contribution in [2.45, 2.75) is 20.1 Å². The summed E-state index contributed by atoms with van der Waals surface area (Å²) in [5.41, 5.74) is 0.218. The summed E-state index contributed by atoms with van der Waals surface area (Å²) in [6, 6.07) is 0. The monoisotopic (exact) mass is 242 g/mol. The Morgan fingerprint density at radius 1 is 1.59 bits per heavy atom. The van der Waals surface area contributed by atoms with Gasteiger partial charge in [0.05, 0.1) is 6.54 Å². The molecule has 0 aliphatic heterocycles. The van der Waals surface area contributed by atoms with Gasteiger partial charge in [0.1, 0.15) is 0 Å². The fourth-order valence-corrected chi connectivity index (χ4v) is 1.06. The number of carbonyl (C=O) groups excluding carboxylic acids is 1. The number of nitrogens with one attached hydrogen (secondary N) is 1. The summed E-state index contributed by atoms with van der Waals surface area (Å²) in [7, 11) is 1.74. The molecule has 0 aliphatic rings. The highest BCUT2D eigenvalue weighted by Gasteiger charge is 2.17. The number of allylic oxidation sites excluding steroid dienone is 1. The highest BCUT2D eigenvalue weighted by Crippen LogP contribution is 1.99. The van der Waals surface area contributed by atoms with E-state index in [-0.39, 0.29) is 12.1 Å². The molecule has 0 aliphatic carbocycles. The zero-order chi connectivity index (χ0) is 13.4. The number of carboxylic acid groups (broad SMARTS) is 1. The average Bonchev–Trinajstić information content (AvgIpc) is 2.16. The lowest BCUT2D eigenvalue weighted by atomic mass is 10.3. The number of hydrogen-bond donors (Lipinski definition) is 2. The van der Waals surface area contributed by atoms with Gasteiger partial charge >= 0.3 is 12.1 Å². The smallest absolute Gasteiger partial charge is 0.407 e. The maximum Gasteiger partial charge on any atom is 0.407 e. The lowest BCUT2D eigenvalue weighted by molar-refractivity contribution is -0.145. The molecule has 17 heavy (non-hydrogen) atoms. The number of likely N-dealkylation sites (N-methyl/N-ethyl adjacent to an activating group) is 1. The fraction of sp³-hybridized carbons (Fsp3) is 0.455. The minimum Gasteiger partial charge on any atom is -0.465 e. The molecule has 96 valence electrons. The van der Waals surface area contributed by atoms with Crippen molar-refractivity contribution in [1.29, 1.82) is 0 Å². The quantitative estimate of drug-likeness (QED) is 0.415. The van der Waals surface area contributed by atoms with Crippen molar-refractivity contribution in [3.05, 3.63) is 24.4 Å². The van der Waals surface area contributed by atoms with Crippen LogP contribution in [-0.4, -0.2) is 41.9 Å². The van der Waals surface area contributed by atoms with Crippen LogP contribution < -0.4 is 5.32 Å². The van der Waals surface area contributed by atoms with Crippen LogP contribution in [0.3, 0.4) is 0 Å². The molecule has 0 saturated carbocycles. The Kier molecular flexibility index (Phi) is 6.47. The number of ether oxygens (including phenoxy) is 1. The molecule has 0 aromatic rings. The number of hydrogen-bond acceptors (Lipinski definition) is 4. The van der Waals surface area contributed by atoms with Gasteiger partial charge in [-0.3, -0.25) is 5.32 Å². The fourth-order valence-electron chi connectivity index (χ4n) is 1.06. The van der Waals surface area contributed by atoms with Gasteiger partial charge < -0.3 is 14.7 Å². The van der Waals surface area contributed by atoms with Gasteiger partial charge in [0, 0.05) is 12.6 Å². The second-order valence-electron chi connectivity index (χ2n) is 3.55. The molecule has 0 fully saturated rings. The van der Waals surface area contributed by atoms with E-state index in [0.29, 0.717) is 0 Å². The molecule has 1 unspecified atom stereocenters. The van der Waals surface area contributed by atoms with Crippen molar-refractivity contribution >= 4 is 12.1 Å². The third-order valence-corrected chi connectivity index (χ3v) is 1.74. The zero-order valence-corrected chi connectivity index (χ0v) is 10.3. The third-order valence-electron chi connectivity index (χ3n) is 1.74. The Labute approximate surface area is 101 Å². The first kappa shape index (κ1) is 15.0. The van der Waals surface area contributed by atoms with Crippen LogP contribution >= 0.6 is 0 Å². The number of amides is 1. The van der Waals surface area contributed by atoms with Gasteiger partial charge in [-0.1, -0.05) is 12.7 Å². The zero-order valence-electron chi connectivity index (χ0n) is 10.3.